The van der Waals surface area contributed by atoms with Crippen molar-refractivity contribution in [1.82, 2.24) is 9.47 Å². The Morgan fingerprint density at radius 2 is 1.90 bits per heavy atom. The summed E-state index contributed by atoms with van der Waals surface area (Å²) in [6, 6.07) is 22.2. The maximum absolute atomic E-state index is 12.2. The third-order valence-electron chi connectivity index (χ3n) is 5.66. The molecule has 146 valence electrons. The van der Waals surface area contributed by atoms with Crippen LogP contribution in [0.4, 0.5) is 0 Å². The number of aromatic nitrogens is 1. The summed E-state index contributed by atoms with van der Waals surface area (Å²) in [6.07, 6.45) is 2.14. The van der Waals surface area contributed by atoms with E-state index in [-0.39, 0.29) is 11.7 Å². The lowest BCUT2D eigenvalue weighted by atomic mass is 9.98. The molecule has 0 radical (unpaired) electrons. The minimum atomic E-state index is -0.336. The second-order valence-electron chi connectivity index (χ2n) is 7.36. The van der Waals surface area contributed by atoms with E-state index in [0.29, 0.717) is 17.9 Å². The van der Waals surface area contributed by atoms with Gasteiger partial charge in [-0.3, -0.25) is 4.90 Å². The zero-order valence-corrected chi connectivity index (χ0v) is 16.2. The summed E-state index contributed by atoms with van der Waals surface area (Å²) in [6.45, 7) is 2.50. The van der Waals surface area contributed by atoms with Crippen LogP contribution in [0.5, 0.6) is 5.75 Å². The monoisotopic (exact) mass is 386 g/mol. The summed E-state index contributed by atoms with van der Waals surface area (Å²) in [5, 5.41) is 0.943. The zero-order chi connectivity index (χ0) is 19.8. The minimum absolute atomic E-state index is 0.139. The van der Waals surface area contributed by atoms with E-state index in [4.69, 9.17) is 9.15 Å². The van der Waals surface area contributed by atoms with Crippen molar-refractivity contribution >= 4 is 11.0 Å². The molecule has 3 heterocycles. The number of benzene rings is 2. The maximum atomic E-state index is 12.2. The summed E-state index contributed by atoms with van der Waals surface area (Å²) < 4.78 is 13.0. The summed E-state index contributed by atoms with van der Waals surface area (Å²) in [7, 11) is 1.61. The van der Waals surface area contributed by atoms with Crippen LogP contribution < -0.4 is 10.4 Å². The van der Waals surface area contributed by atoms with Gasteiger partial charge in [0.25, 0.3) is 0 Å². The maximum Gasteiger partial charge on any atom is 0.336 e. The smallest absolute Gasteiger partial charge is 0.336 e. The average molecular weight is 386 g/mol. The van der Waals surface area contributed by atoms with Gasteiger partial charge < -0.3 is 13.7 Å². The first-order chi connectivity index (χ1) is 14.2. The molecular weight excluding hydrogens is 364 g/mol. The molecule has 0 spiro atoms. The van der Waals surface area contributed by atoms with Crippen molar-refractivity contribution in [3.63, 3.8) is 0 Å². The quantitative estimate of drug-likeness (QED) is 0.493. The van der Waals surface area contributed by atoms with E-state index in [2.05, 4.69) is 52.1 Å². The molecule has 1 aliphatic rings. The van der Waals surface area contributed by atoms with Gasteiger partial charge in [0, 0.05) is 49.0 Å². The third-order valence-corrected chi connectivity index (χ3v) is 5.66. The first kappa shape index (κ1) is 17.8. The van der Waals surface area contributed by atoms with Gasteiger partial charge in [0.1, 0.15) is 11.3 Å². The molecule has 5 nitrogen and oxygen atoms in total. The number of hydrogen-bond donors (Lipinski definition) is 0. The molecule has 0 bridgehead atoms. The van der Waals surface area contributed by atoms with Crippen molar-refractivity contribution in [2.24, 2.45) is 0 Å². The lowest BCUT2D eigenvalue weighted by molar-refractivity contribution is 0.175. The van der Waals surface area contributed by atoms with Crippen LogP contribution in [-0.2, 0) is 13.1 Å². The molecule has 5 heteroatoms. The summed E-state index contributed by atoms with van der Waals surface area (Å²) in [5.74, 6) is 0.677. The predicted octanol–water partition coefficient (Wildman–Crippen LogP) is 4.21. The topological polar surface area (TPSA) is 47.6 Å². The normalized spacial score (nSPS) is 16.7. The Morgan fingerprint density at radius 3 is 2.72 bits per heavy atom. The van der Waals surface area contributed by atoms with Crippen molar-refractivity contribution < 1.29 is 9.15 Å². The number of methoxy groups -OCH3 is 1. The highest BCUT2D eigenvalue weighted by Gasteiger charge is 2.29. The number of nitrogens with zero attached hydrogens (tertiary/aromatic N) is 2. The molecule has 2 aromatic carbocycles. The van der Waals surface area contributed by atoms with Crippen LogP contribution in [0.25, 0.3) is 11.0 Å². The van der Waals surface area contributed by atoms with Gasteiger partial charge in [-0.15, -0.1) is 0 Å². The van der Waals surface area contributed by atoms with E-state index >= 15 is 0 Å². The fraction of sp³-hybridized carbons (Fsp3) is 0.208. The number of ether oxygens (including phenoxy) is 1. The number of rotatable bonds is 4. The van der Waals surface area contributed by atoms with E-state index in [1.54, 1.807) is 19.2 Å². The van der Waals surface area contributed by atoms with Crippen molar-refractivity contribution in [3.05, 3.63) is 100 Å². The molecular formula is C24H22N2O3. The molecule has 0 aliphatic carbocycles. The van der Waals surface area contributed by atoms with Crippen molar-refractivity contribution in [2.45, 2.75) is 19.1 Å². The highest BCUT2D eigenvalue weighted by molar-refractivity contribution is 5.81. The molecule has 1 atom stereocenters. The number of fused-ring (bicyclic) bond motifs is 2. The summed E-state index contributed by atoms with van der Waals surface area (Å²) in [5.41, 5.74) is 3.72. The van der Waals surface area contributed by atoms with E-state index < -0.39 is 0 Å². The van der Waals surface area contributed by atoms with Crippen LogP contribution >= 0.6 is 0 Å². The van der Waals surface area contributed by atoms with Crippen molar-refractivity contribution in [2.75, 3.05) is 13.7 Å². The standard InChI is InChI=1S/C24H22N2O3/c1-28-19-9-10-20-18(14-23(27)29-22(20)15-19)16-26-13-12-25-11-5-8-21(25)24(26)17-6-3-2-4-7-17/h2-11,14-15,24H,12-13,16H2,1H3/t24-/m1/s1. The molecule has 0 N–H and O–H groups in total. The fourth-order valence-electron chi connectivity index (χ4n) is 4.31. The van der Waals surface area contributed by atoms with Crippen LogP contribution in [-0.4, -0.2) is 23.1 Å². The first-order valence-corrected chi connectivity index (χ1v) is 9.78. The lowest BCUT2D eigenvalue weighted by Gasteiger charge is -2.37. The van der Waals surface area contributed by atoms with Gasteiger partial charge >= 0.3 is 5.63 Å². The molecule has 0 saturated heterocycles. The number of hydrogen-bond acceptors (Lipinski definition) is 4. The second kappa shape index (κ2) is 7.26. The Kier molecular flexibility index (Phi) is 4.45. The fourth-order valence-corrected chi connectivity index (χ4v) is 4.31. The van der Waals surface area contributed by atoms with Crippen molar-refractivity contribution in [3.8, 4) is 5.75 Å². The van der Waals surface area contributed by atoms with Gasteiger partial charge in [-0.1, -0.05) is 30.3 Å². The molecule has 2 aromatic heterocycles. The Balaban J connectivity index is 1.58. The Hall–Kier alpha value is -3.31. The molecule has 0 saturated carbocycles. The van der Waals surface area contributed by atoms with Gasteiger partial charge in [0.15, 0.2) is 0 Å². The molecule has 0 unspecified atom stereocenters. The zero-order valence-electron chi connectivity index (χ0n) is 16.2. The van der Waals surface area contributed by atoms with Crippen LogP contribution in [0.2, 0.25) is 0 Å². The van der Waals surface area contributed by atoms with Crippen LogP contribution in [0.15, 0.2) is 82.1 Å². The molecule has 29 heavy (non-hydrogen) atoms. The van der Waals surface area contributed by atoms with E-state index in [0.717, 1.165) is 24.0 Å². The average Bonchev–Trinajstić information content (AvgIpc) is 3.22. The van der Waals surface area contributed by atoms with Crippen LogP contribution in [0.1, 0.15) is 22.9 Å². The summed E-state index contributed by atoms with van der Waals surface area (Å²) >= 11 is 0. The van der Waals surface area contributed by atoms with E-state index in [1.165, 1.54) is 11.3 Å². The van der Waals surface area contributed by atoms with E-state index in [9.17, 15) is 4.79 Å². The van der Waals surface area contributed by atoms with Crippen molar-refractivity contribution in [1.29, 1.82) is 0 Å². The largest absolute Gasteiger partial charge is 0.497 e. The molecule has 4 aromatic rings. The predicted molar refractivity (Wildman–Crippen MR) is 112 cm³/mol. The van der Waals surface area contributed by atoms with Crippen LogP contribution in [0.3, 0.4) is 0 Å². The van der Waals surface area contributed by atoms with Gasteiger partial charge in [-0.05, 0) is 35.4 Å². The molecule has 5 rings (SSSR count). The van der Waals surface area contributed by atoms with Gasteiger partial charge in [0.05, 0.1) is 13.2 Å². The summed E-state index contributed by atoms with van der Waals surface area (Å²) in [4.78, 5) is 14.7. The lowest BCUT2D eigenvalue weighted by Crippen LogP contribution is -2.38. The molecule has 1 aliphatic heterocycles. The van der Waals surface area contributed by atoms with Gasteiger partial charge in [0.2, 0.25) is 0 Å². The minimum Gasteiger partial charge on any atom is -0.497 e. The second-order valence-corrected chi connectivity index (χ2v) is 7.36. The third kappa shape index (κ3) is 3.23. The Labute approximate surface area is 168 Å². The van der Waals surface area contributed by atoms with Crippen LogP contribution in [0, 0.1) is 0 Å². The Bertz CT molecular complexity index is 1210. The highest BCUT2D eigenvalue weighted by Crippen LogP contribution is 2.34. The molecule has 0 amide bonds. The van der Waals surface area contributed by atoms with Gasteiger partial charge in [-0.25, -0.2) is 4.79 Å². The van der Waals surface area contributed by atoms with Gasteiger partial charge in [-0.2, -0.15) is 0 Å². The molecule has 0 fully saturated rings. The van der Waals surface area contributed by atoms with E-state index in [1.807, 2.05) is 18.2 Å². The Morgan fingerprint density at radius 1 is 1.03 bits per heavy atom. The highest BCUT2D eigenvalue weighted by atomic mass is 16.5. The first-order valence-electron chi connectivity index (χ1n) is 9.78. The SMILES string of the molecule is COc1ccc2c(CN3CCn4cccc4[C@H]3c3ccccc3)cc(=O)oc2c1.